The minimum atomic E-state index is -0.179. The van der Waals surface area contributed by atoms with Crippen molar-refractivity contribution >= 4 is 0 Å². The molecule has 0 saturated heterocycles. The van der Waals surface area contributed by atoms with E-state index in [1.807, 2.05) is 0 Å². The van der Waals surface area contributed by atoms with Crippen LogP contribution in [0.4, 0.5) is 0 Å². The highest BCUT2D eigenvalue weighted by Gasteiger charge is 1.92. The summed E-state index contributed by atoms with van der Waals surface area (Å²) in [5.74, 6) is 0. The normalized spacial score (nSPS) is 13.9. The first kappa shape index (κ1) is 7.84. The second-order valence-corrected chi connectivity index (χ2v) is 1.52. The molecule has 0 aliphatic carbocycles. The Morgan fingerprint density at radius 3 is 2.62 bits per heavy atom. The average Bonchev–Trinajstić information content (AvgIpc) is 1.83. The van der Waals surface area contributed by atoms with Crippen LogP contribution in [0.3, 0.4) is 0 Å². The maximum absolute atomic E-state index is 8.25. The quantitative estimate of drug-likeness (QED) is 0.317. The fourth-order valence-electron chi connectivity index (χ4n) is 0.333. The maximum atomic E-state index is 8.25. The molecule has 1 unspecified atom stereocenters. The van der Waals surface area contributed by atoms with Crippen LogP contribution >= 0.6 is 0 Å². The summed E-state index contributed by atoms with van der Waals surface area (Å²) >= 11 is 0. The van der Waals surface area contributed by atoms with E-state index in [1.54, 1.807) is 0 Å². The van der Waals surface area contributed by atoms with E-state index in [1.165, 1.54) is 0 Å². The van der Waals surface area contributed by atoms with Crippen molar-refractivity contribution in [2.45, 2.75) is 6.17 Å². The summed E-state index contributed by atoms with van der Waals surface area (Å²) in [7, 11) is 0. The molecule has 50 valence electrons. The Labute approximate surface area is 48.9 Å². The molecule has 4 heteroatoms. The van der Waals surface area contributed by atoms with Crippen LogP contribution in [0.1, 0.15) is 0 Å². The molecule has 0 amide bonds. The molecule has 1 atom stereocenters. The molecule has 0 aromatic heterocycles. The van der Waals surface area contributed by atoms with E-state index < -0.39 is 0 Å². The zero-order valence-corrected chi connectivity index (χ0v) is 4.80. The van der Waals surface area contributed by atoms with Crippen LogP contribution in [0.15, 0.2) is 0 Å². The van der Waals surface area contributed by atoms with Gasteiger partial charge >= 0.3 is 0 Å². The number of aliphatic hydroxyl groups is 1. The third-order valence-corrected chi connectivity index (χ3v) is 0.772. The second-order valence-electron chi connectivity index (χ2n) is 1.52. The molecule has 0 aliphatic heterocycles. The Morgan fingerprint density at radius 2 is 2.25 bits per heavy atom. The molecule has 0 aliphatic rings. The van der Waals surface area contributed by atoms with Gasteiger partial charge in [-0.25, -0.2) is 0 Å². The zero-order chi connectivity index (χ0) is 6.41. The standard InChI is InChI=1S/C4H13N3O/c5-3-4(6)7-1-2-8/h4,7-8H,1-3,5-6H2. The van der Waals surface area contributed by atoms with E-state index in [0.717, 1.165) is 0 Å². The van der Waals surface area contributed by atoms with Gasteiger partial charge in [0.1, 0.15) is 0 Å². The summed E-state index contributed by atoms with van der Waals surface area (Å²) in [6.07, 6.45) is -0.179. The highest BCUT2D eigenvalue weighted by Crippen LogP contribution is 1.61. The molecule has 0 aromatic rings. The summed E-state index contributed by atoms with van der Waals surface area (Å²) in [5.41, 5.74) is 10.5. The first-order valence-electron chi connectivity index (χ1n) is 2.61. The summed E-state index contributed by atoms with van der Waals surface area (Å²) < 4.78 is 0. The predicted octanol–water partition coefficient (Wildman–Crippen LogP) is -2.19. The molecule has 4 nitrogen and oxygen atoms in total. The van der Waals surface area contributed by atoms with E-state index in [9.17, 15) is 0 Å². The fourth-order valence-corrected chi connectivity index (χ4v) is 0.333. The van der Waals surface area contributed by atoms with Gasteiger partial charge in [-0.1, -0.05) is 0 Å². The minimum Gasteiger partial charge on any atom is -0.395 e. The summed E-state index contributed by atoms with van der Waals surface area (Å²) in [4.78, 5) is 0. The van der Waals surface area contributed by atoms with Crippen LogP contribution in [0.2, 0.25) is 0 Å². The van der Waals surface area contributed by atoms with Gasteiger partial charge < -0.3 is 16.6 Å². The van der Waals surface area contributed by atoms with Gasteiger partial charge in [0.15, 0.2) is 0 Å². The molecule has 6 N–H and O–H groups in total. The SMILES string of the molecule is NCC(N)NCCO. The van der Waals surface area contributed by atoms with Gasteiger partial charge in [0.2, 0.25) is 0 Å². The van der Waals surface area contributed by atoms with E-state index in [0.29, 0.717) is 13.1 Å². The largest absolute Gasteiger partial charge is 0.395 e. The number of aliphatic hydroxyl groups excluding tert-OH is 1. The van der Waals surface area contributed by atoms with E-state index in [4.69, 9.17) is 16.6 Å². The number of rotatable bonds is 4. The molecular weight excluding hydrogens is 106 g/mol. The van der Waals surface area contributed by atoms with E-state index in [2.05, 4.69) is 5.32 Å². The van der Waals surface area contributed by atoms with E-state index >= 15 is 0 Å². The number of nitrogens with one attached hydrogen (secondary N) is 1. The predicted molar refractivity (Wildman–Crippen MR) is 32.1 cm³/mol. The lowest BCUT2D eigenvalue weighted by Gasteiger charge is -2.08. The van der Waals surface area contributed by atoms with Crippen LogP contribution in [0.5, 0.6) is 0 Å². The summed E-state index contributed by atoms with van der Waals surface area (Å²) in [5, 5.41) is 11.0. The van der Waals surface area contributed by atoms with Crippen molar-refractivity contribution < 1.29 is 5.11 Å². The van der Waals surface area contributed by atoms with Gasteiger partial charge in [-0.2, -0.15) is 0 Å². The number of hydrogen-bond donors (Lipinski definition) is 4. The van der Waals surface area contributed by atoms with Gasteiger partial charge in [0.25, 0.3) is 0 Å². The zero-order valence-electron chi connectivity index (χ0n) is 4.80. The van der Waals surface area contributed by atoms with E-state index in [-0.39, 0.29) is 12.8 Å². The molecule has 0 spiro atoms. The first-order chi connectivity index (χ1) is 3.81. The van der Waals surface area contributed by atoms with Crippen LogP contribution in [0.25, 0.3) is 0 Å². The Balaban J connectivity index is 2.86. The maximum Gasteiger partial charge on any atom is 0.0673 e. The molecule has 0 bridgehead atoms. The molecule has 0 heterocycles. The van der Waals surface area contributed by atoms with Crippen molar-refractivity contribution in [2.24, 2.45) is 11.5 Å². The first-order valence-corrected chi connectivity index (χ1v) is 2.61. The molecule has 0 rings (SSSR count). The van der Waals surface area contributed by atoms with Gasteiger partial charge in [0, 0.05) is 13.1 Å². The van der Waals surface area contributed by atoms with Crippen molar-refractivity contribution in [2.75, 3.05) is 19.7 Å². The second kappa shape index (κ2) is 4.99. The smallest absolute Gasteiger partial charge is 0.0673 e. The molecule has 0 fully saturated rings. The Bertz CT molecular complexity index is 50.5. The van der Waals surface area contributed by atoms with Crippen LogP contribution in [0, 0.1) is 0 Å². The van der Waals surface area contributed by atoms with Gasteiger partial charge in [-0.3, -0.25) is 5.32 Å². The third-order valence-electron chi connectivity index (χ3n) is 0.772. The Hall–Kier alpha value is -0.160. The third kappa shape index (κ3) is 4.01. The number of nitrogens with two attached hydrogens (primary N) is 2. The lowest BCUT2D eigenvalue weighted by atomic mass is 10.5. The number of hydrogen-bond acceptors (Lipinski definition) is 4. The van der Waals surface area contributed by atoms with Crippen molar-refractivity contribution in [3.8, 4) is 0 Å². The summed E-state index contributed by atoms with van der Waals surface area (Å²) in [6, 6.07) is 0. The van der Waals surface area contributed by atoms with Crippen LogP contribution in [-0.2, 0) is 0 Å². The van der Waals surface area contributed by atoms with Crippen molar-refractivity contribution in [1.29, 1.82) is 0 Å². The van der Waals surface area contributed by atoms with Gasteiger partial charge in [0.05, 0.1) is 12.8 Å². The topological polar surface area (TPSA) is 84.3 Å². The van der Waals surface area contributed by atoms with Crippen LogP contribution in [-0.4, -0.2) is 31.0 Å². The lowest BCUT2D eigenvalue weighted by Crippen LogP contribution is -2.44. The Morgan fingerprint density at radius 1 is 1.62 bits per heavy atom. The molecule has 8 heavy (non-hydrogen) atoms. The van der Waals surface area contributed by atoms with Crippen molar-refractivity contribution in [1.82, 2.24) is 5.32 Å². The molecule has 0 aromatic carbocycles. The highest BCUT2D eigenvalue weighted by molar-refractivity contribution is 4.56. The monoisotopic (exact) mass is 119 g/mol. The van der Waals surface area contributed by atoms with Gasteiger partial charge in [-0.05, 0) is 0 Å². The Kier molecular flexibility index (Phi) is 4.89. The fraction of sp³-hybridized carbons (Fsp3) is 1.00. The summed E-state index contributed by atoms with van der Waals surface area (Å²) in [6.45, 7) is 1.02. The van der Waals surface area contributed by atoms with Crippen molar-refractivity contribution in [3.05, 3.63) is 0 Å². The molecular formula is C4H13N3O. The van der Waals surface area contributed by atoms with Gasteiger partial charge in [-0.15, -0.1) is 0 Å². The molecule has 0 radical (unpaired) electrons. The van der Waals surface area contributed by atoms with Crippen LogP contribution < -0.4 is 16.8 Å². The average molecular weight is 119 g/mol. The lowest BCUT2D eigenvalue weighted by molar-refractivity contribution is 0.285. The molecule has 0 saturated carbocycles. The highest BCUT2D eigenvalue weighted by atomic mass is 16.3. The van der Waals surface area contributed by atoms with Crippen molar-refractivity contribution in [3.63, 3.8) is 0 Å². The minimum absolute atomic E-state index is 0.105.